The highest BCUT2D eigenvalue weighted by Gasteiger charge is 2.33. The Morgan fingerprint density at radius 3 is 2.23 bits per heavy atom. The molecule has 44 heavy (non-hydrogen) atoms. The SMILES string of the molecule is COc1ccc(-c2nc(C(=O)O)c([C@@H](C)NC(=O)OCC3c4ccccc4-c4ccccc43)[nH]2)c2ccc(C(F)(F)F)nc12. The summed E-state index contributed by atoms with van der Waals surface area (Å²) in [6, 6.07) is 20.0. The Morgan fingerprint density at radius 2 is 1.61 bits per heavy atom. The molecule has 3 N–H and O–H groups in total. The van der Waals surface area contributed by atoms with Crippen molar-refractivity contribution in [3.05, 3.63) is 101 Å². The number of fused-ring (bicyclic) bond motifs is 4. The number of amides is 1. The normalized spacial score (nSPS) is 13.3. The number of hydrogen-bond acceptors (Lipinski definition) is 6. The lowest BCUT2D eigenvalue weighted by atomic mass is 9.98. The fourth-order valence-electron chi connectivity index (χ4n) is 5.60. The van der Waals surface area contributed by atoms with Crippen LogP contribution in [-0.4, -0.2) is 45.8 Å². The average Bonchev–Trinajstić information content (AvgIpc) is 3.59. The monoisotopic (exact) mass is 602 g/mol. The second-order valence-electron chi connectivity index (χ2n) is 10.3. The predicted octanol–water partition coefficient (Wildman–Crippen LogP) is 6.95. The van der Waals surface area contributed by atoms with Crippen LogP contribution in [0.25, 0.3) is 33.4 Å². The minimum absolute atomic E-state index is 0.0628. The van der Waals surface area contributed by atoms with Gasteiger partial charge in [-0.15, -0.1) is 0 Å². The fraction of sp³-hybridized carbons (Fsp3) is 0.188. The summed E-state index contributed by atoms with van der Waals surface area (Å²) in [7, 11) is 1.31. The van der Waals surface area contributed by atoms with Crippen LogP contribution < -0.4 is 10.1 Å². The molecule has 1 amide bonds. The highest BCUT2D eigenvalue weighted by atomic mass is 19.4. The first kappa shape index (κ1) is 28.7. The van der Waals surface area contributed by atoms with Crippen molar-refractivity contribution in [2.75, 3.05) is 13.7 Å². The first-order valence-electron chi connectivity index (χ1n) is 13.6. The average molecular weight is 603 g/mol. The maximum Gasteiger partial charge on any atom is 0.433 e. The molecule has 224 valence electrons. The van der Waals surface area contributed by atoms with E-state index in [0.717, 1.165) is 28.3 Å². The number of carboxylic acids is 1. The number of aromatic nitrogens is 3. The van der Waals surface area contributed by atoms with Gasteiger partial charge in [-0.2, -0.15) is 13.2 Å². The maximum absolute atomic E-state index is 13.4. The number of H-pyrrole nitrogens is 1. The zero-order valence-electron chi connectivity index (χ0n) is 23.4. The number of carbonyl (C=O) groups excluding carboxylic acids is 1. The predicted molar refractivity (Wildman–Crippen MR) is 154 cm³/mol. The number of halogens is 3. The first-order valence-corrected chi connectivity index (χ1v) is 13.6. The molecule has 0 aliphatic heterocycles. The number of hydrogen-bond donors (Lipinski definition) is 3. The van der Waals surface area contributed by atoms with Crippen LogP contribution in [0.15, 0.2) is 72.8 Å². The Labute approximate surface area is 248 Å². The summed E-state index contributed by atoms with van der Waals surface area (Å²) < 4.78 is 50.9. The summed E-state index contributed by atoms with van der Waals surface area (Å²) in [5, 5.41) is 12.8. The molecular weight excluding hydrogens is 577 g/mol. The molecule has 1 aliphatic carbocycles. The van der Waals surface area contributed by atoms with Gasteiger partial charge in [-0.3, -0.25) is 0 Å². The van der Waals surface area contributed by atoms with Crippen LogP contribution in [0.1, 0.15) is 51.9 Å². The van der Waals surface area contributed by atoms with Gasteiger partial charge in [0.05, 0.1) is 18.8 Å². The van der Waals surface area contributed by atoms with Gasteiger partial charge in [-0.05, 0) is 53.4 Å². The second kappa shape index (κ2) is 11.0. The number of nitrogens with one attached hydrogen (secondary N) is 2. The molecule has 1 aliphatic rings. The molecule has 0 saturated heterocycles. The van der Waals surface area contributed by atoms with Gasteiger partial charge in [0, 0.05) is 16.9 Å². The summed E-state index contributed by atoms with van der Waals surface area (Å²) in [6.07, 6.45) is -5.44. The van der Waals surface area contributed by atoms with Crippen LogP contribution in [-0.2, 0) is 10.9 Å². The van der Waals surface area contributed by atoms with E-state index in [-0.39, 0.29) is 46.4 Å². The van der Waals surface area contributed by atoms with Gasteiger partial charge in [0.1, 0.15) is 29.4 Å². The lowest BCUT2D eigenvalue weighted by molar-refractivity contribution is -0.140. The van der Waals surface area contributed by atoms with E-state index in [9.17, 15) is 27.9 Å². The largest absolute Gasteiger partial charge is 0.494 e. The molecule has 3 aromatic carbocycles. The standard InChI is InChI=1S/C32H25F3N4O5/c1-16(36-31(42)44-15-23-19-9-5-3-7-17(19)18-8-4-6-10-20(18)23)26-28(30(40)41)39-29(38-26)22-11-13-24(43-2)27-21(22)12-14-25(37-27)32(33,34)35/h3-14,16,23H,15H2,1-2H3,(H,36,42)(H,38,39)(H,40,41)/t16-/m1/s1. The number of pyridine rings is 1. The molecule has 6 rings (SSSR count). The third-order valence-corrected chi connectivity index (χ3v) is 7.63. The number of aromatic carboxylic acids is 1. The number of imidazole rings is 1. The van der Waals surface area contributed by atoms with Gasteiger partial charge in [0.25, 0.3) is 0 Å². The van der Waals surface area contributed by atoms with Gasteiger partial charge in [-0.1, -0.05) is 48.5 Å². The fourth-order valence-corrected chi connectivity index (χ4v) is 5.60. The highest BCUT2D eigenvalue weighted by molar-refractivity contribution is 5.97. The molecular formula is C32H25F3N4O5. The Morgan fingerprint density at radius 1 is 0.955 bits per heavy atom. The van der Waals surface area contributed by atoms with Crippen molar-refractivity contribution >= 4 is 23.0 Å². The summed E-state index contributed by atoms with van der Waals surface area (Å²) in [5.41, 5.74) is 3.08. The lowest BCUT2D eigenvalue weighted by Gasteiger charge is -2.17. The van der Waals surface area contributed by atoms with E-state index in [0.29, 0.717) is 5.56 Å². The molecule has 0 bridgehead atoms. The van der Waals surface area contributed by atoms with E-state index in [4.69, 9.17) is 9.47 Å². The number of methoxy groups -OCH3 is 1. The summed E-state index contributed by atoms with van der Waals surface area (Å²) in [5.74, 6) is -1.36. The van der Waals surface area contributed by atoms with Crippen LogP contribution in [0, 0.1) is 0 Å². The molecule has 0 radical (unpaired) electrons. The van der Waals surface area contributed by atoms with Crippen LogP contribution in [0.4, 0.5) is 18.0 Å². The van der Waals surface area contributed by atoms with Crippen molar-refractivity contribution < 1.29 is 37.3 Å². The van der Waals surface area contributed by atoms with E-state index in [1.165, 1.54) is 25.3 Å². The van der Waals surface area contributed by atoms with Crippen molar-refractivity contribution in [3.63, 3.8) is 0 Å². The topological polar surface area (TPSA) is 126 Å². The van der Waals surface area contributed by atoms with Crippen LogP contribution in [0.3, 0.4) is 0 Å². The molecule has 0 fully saturated rings. The summed E-state index contributed by atoms with van der Waals surface area (Å²) in [6.45, 7) is 1.63. The van der Waals surface area contributed by atoms with Gasteiger partial charge < -0.3 is 24.9 Å². The number of carbonyl (C=O) groups is 2. The molecule has 0 unspecified atom stereocenters. The molecule has 2 aromatic heterocycles. The number of aromatic amines is 1. The minimum atomic E-state index is -4.68. The Kier molecular flexibility index (Phi) is 7.20. The number of nitrogens with zero attached hydrogens (tertiary/aromatic N) is 2. The van der Waals surface area contributed by atoms with E-state index >= 15 is 0 Å². The molecule has 1 atom stereocenters. The lowest BCUT2D eigenvalue weighted by Crippen LogP contribution is -2.29. The Bertz CT molecular complexity index is 1870. The highest BCUT2D eigenvalue weighted by Crippen LogP contribution is 2.44. The number of alkyl halides is 3. The van der Waals surface area contributed by atoms with Crippen LogP contribution in [0.2, 0.25) is 0 Å². The van der Waals surface area contributed by atoms with Crippen molar-refractivity contribution in [1.29, 1.82) is 0 Å². The third-order valence-electron chi connectivity index (χ3n) is 7.63. The number of ether oxygens (including phenoxy) is 2. The number of carboxylic acid groups (broad SMARTS) is 1. The molecule has 5 aromatic rings. The van der Waals surface area contributed by atoms with Crippen molar-refractivity contribution in [2.45, 2.75) is 25.1 Å². The number of rotatable bonds is 7. The zero-order chi connectivity index (χ0) is 31.2. The van der Waals surface area contributed by atoms with E-state index in [1.807, 2.05) is 48.5 Å². The summed E-state index contributed by atoms with van der Waals surface area (Å²) >= 11 is 0. The van der Waals surface area contributed by atoms with Crippen LogP contribution in [0.5, 0.6) is 5.75 Å². The Balaban J connectivity index is 1.25. The summed E-state index contributed by atoms with van der Waals surface area (Å²) in [4.78, 5) is 35.9. The van der Waals surface area contributed by atoms with Gasteiger partial charge in [-0.25, -0.2) is 19.6 Å². The van der Waals surface area contributed by atoms with Gasteiger partial charge >= 0.3 is 18.2 Å². The second-order valence-corrected chi connectivity index (χ2v) is 10.3. The Hall–Kier alpha value is -5.39. The molecule has 9 nitrogen and oxygen atoms in total. The van der Waals surface area contributed by atoms with Crippen molar-refractivity contribution in [3.8, 4) is 28.3 Å². The molecule has 12 heteroatoms. The van der Waals surface area contributed by atoms with E-state index in [2.05, 4.69) is 20.3 Å². The first-order chi connectivity index (χ1) is 21.1. The van der Waals surface area contributed by atoms with Crippen molar-refractivity contribution in [1.82, 2.24) is 20.3 Å². The van der Waals surface area contributed by atoms with Gasteiger partial charge in [0.2, 0.25) is 0 Å². The minimum Gasteiger partial charge on any atom is -0.494 e. The third kappa shape index (κ3) is 5.08. The van der Waals surface area contributed by atoms with Crippen molar-refractivity contribution in [2.24, 2.45) is 0 Å². The van der Waals surface area contributed by atoms with E-state index < -0.39 is 30.0 Å². The zero-order valence-corrected chi connectivity index (χ0v) is 23.4. The van der Waals surface area contributed by atoms with E-state index in [1.54, 1.807) is 6.92 Å². The quantitative estimate of drug-likeness (QED) is 0.184. The van der Waals surface area contributed by atoms with Crippen LogP contribution >= 0.6 is 0 Å². The number of benzene rings is 3. The smallest absolute Gasteiger partial charge is 0.433 e. The molecule has 0 saturated carbocycles. The molecule has 0 spiro atoms. The number of alkyl carbamates (subject to hydrolysis) is 1. The molecule has 2 heterocycles. The van der Waals surface area contributed by atoms with Gasteiger partial charge in [0.15, 0.2) is 5.69 Å². The maximum atomic E-state index is 13.4.